The second kappa shape index (κ2) is 7.86. The summed E-state index contributed by atoms with van der Waals surface area (Å²) in [4.78, 5) is 12.3. The number of ether oxygens (including phenoxy) is 2. The maximum atomic E-state index is 12.3. The van der Waals surface area contributed by atoms with E-state index >= 15 is 0 Å². The van der Waals surface area contributed by atoms with Crippen molar-refractivity contribution in [3.8, 4) is 11.5 Å². The Labute approximate surface area is 143 Å². The van der Waals surface area contributed by atoms with Crippen molar-refractivity contribution in [3.63, 3.8) is 0 Å². The number of carbonyl (C=O) groups is 1. The maximum Gasteiger partial charge on any atom is 0.265 e. The first kappa shape index (κ1) is 17.9. The van der Waals surface area contributed by atoms with Gasteiger partial charge in [0.1, 0.15) is 11.5 Å². The lowest BCUT2D eigenvalue weighted by Crippen LogP contribution is -2.30. The zero-order valence-corrected chi connectivity index (χ0v) is 14.9. The van der Waals surface area contributed by atoms with Gasteiger partial charge in [-0.25, -0.2) is 0 Å². The number of anilines is 1. The number of aryl methyl sites for hydroxylation is 2. The smallest absolute Gasteiger partial charge is 0.265 e. The Bertz CT molecular complexity index is 710. The Morgan fingerprint density at radius 3 is 2.29 bits per heavy atom. The van der Waals surface area contributed by atoms with Gasteiger partial charge in [0.2, 0.25) is 0 Å². The van der Waals surface area contributed by atoms with E-state index < -0.39 is 6.10 Å². The minimum atomic E-state index is -0.596. The van der Waals surface area contributed by atoms with Crippen LogP contribution in [0.15, 0.2) is 42.5 Å². The van der Waals surface area contributed by atoms with Crippen LogP contribution in [0.1, 0.15) is 31.9 Å². The Balaban J connectivity index is 1.99. The summed E-state index contributed by atoms with van der Waals surface area (Å²) >= 11 is 0. The molecule has 0 fully saturated rings. The lowest BCUT2D eigenvalue weighted by molar-refractivity contribution is -0.122. The third-order valence-electron chi connectivity index (χ3n) is 3.63. The van der Waals surface area contributed by atoms with Crippen LogP contribution in [0.4, 0.5) is 5.69 Å². The largest absolute Gasteiger partial charge is 0.491 e. The highest BCUT2D eigenvalue weighted by atomic mass is 16.5. The first-order valence-electron chi connectivity index (χ1n) is 8.16. The molecule has 0 spiro atoms. The van der Waals surface area contributed by atoms with E-state index in [1.54, 1.807) is 13.0 Å². The average Bonchev–Trinajstić information content (AvgIpc) is 2.50. The summed E-state index contributed by atoms with van der Waals surface area (Å²) < 4.78 is 11.4. The predicted molar refractivity (Wildman–Crippen MR) is 96.8 cm³/mol. The van der Waals surface area contributed by atoms with Crippen LogP contribution in [-0.4, -0.2) is 18.1 Å². The van der Waals surface area contributed by atoms with Crippen molar-refractivity contribution in [2.75, 3.05) is 5.32 Å². The Kier molecular flexibility index (Phi) is 5.85. The second-order valence-corrected chi connectivity index (χ2v) is 6.19. The number of benzene rings is 2. The normalized spacial score (nSPS) is 11.9. The predicted octanol–water partition coefficient (Wildman–Crippen LogP) is 4.50. The fourth-order valence-electron chi connectivity index (χ4n) is 2.21. The lowest BCUT2D eigenvalue weighted by atomic mass is 10.1. The number of hydrogen-bond donors (Lipinski definition) is 1. The zero-order chi connectivity index (χ0) is 17.7. The van der Waals surface area contributed by atoms with Crippen LogP contribution in [0.25, 0.3) is 0 Å². The topological polar surface area (TPSA) is 47.6 Å². The van der Waals surface area contributed by atoms with Crippen molar-refractivity contribution in [1.29, 1.82) is 0 Å². The van der Waals surface area contributed by atoms with Gasteiger partial charge in [-0.15, -0.1) is 0 Å². The van der Waals surface area contributed by atoms with Crippen LogP contribution < -0.4 is 14.8 Å². The van der Waals surface area contributed by atoms with Gasteiger partial charge in [-0.05, 0) is 70.0 Å². The molecule has 0 saturated heterocycles. The Morgan fingerprint density at radius 2 is 1.62 bits per heavy atom. The SMILES string of the molecule is Cc1ccc(O[C@@H](C)C(=O)Nc2cccc(OC(C)C)c2)cc1C. The van der Waals surface area contributed by atoms with Crippen LogP contribution in [0.5, 0.6) is 11.5 Å². The van der Waals surface area contributed by atoms with Gasteiger partial charge in [0, 0.05) is 11.8 Å². The highest BCUT2D eigenvalue weighted by molar-refractivity contribution is 5.94. The van der Waals surface area contributed by atoms with Crippen molar-refractivity contribution in [2.45, 2.75) is 46.8 Å². The fraction of sp³-hybridized carbons (Fsp3) is 0.350. The third-order valence-corrected chi connectivity index (χ3v) is 3.63. The van der Waals surface area contributed by atoms with E-state index in [9.17, 15) is 4.79 Å². The molecule has 24 heavy (non-hydrogen) atoms. The Hall–Kier alpha value is -2.49. The van der Waals surface area contributed by atoms with E-state index in [4.69, 9.17) is 9.47 Å². The number of nitrogens with one attached hydrogen (secondary N) is 1. The van der Waals surface area contributed by atoms with Gasteiger partial charge in [0.15, 0.2) is 6.10 Å². The Morgan fingerprint density at radius 1 is 0.917 bits per heavy atom. The molecule has 0 aromatic heterocycles. The fourth-order valence-corrected chi connectivity index (χ4v) is 2.21. The first-order valence-corrected chi connectivity index (χ1v) is 8.16. The monoisotopic (exact) mass is 327 g/mol. The van der Waals surface area contributed by atoms with E-state index in [0.29, 0.717) is 11.4 Å². The number of amides is 1. The van der Waals surface area contributed by atoms with E-state index in [1.165, 1.54) is 5.56 Å². The molecule has 2 aromatic carbocycles. The summed E-state index contributed by atoms with van der Waals surface area (Å²) in [6.07, 6.45) is -0.509. The van der Waals surface area contributed by atoms with Gasteiger partial charge >= 0.3 is 0 Å². The molecule has 4 nitrogen and oxygen atoms in total. The molecule has 0 bridgehead atoms. The summed E-state index contributed by atoms with van der Waals surface area (Å²) in [7, 11) is 0. The van der Waals surface area contributed by atoms with Crippen molar-refractivity contribution < 1.29 is 14.3 Å². The maximum absolute atomic E-state index is 12.3. The van der Waals surface area contributed by atoms with Crippen LogP contribution >= 0.6 is 0 Å². The summed E-state index contributed by atoms with van der Waals surface area (Å²) in [5.74, 6) is 1.22. The molecule has 0 aliphatic heterocycles. The van der Waals surface area contributed by atoms with Gasteiger partial charge in [0.25, 0.3) is 5.91 Å². The zero-order valence-electron chi connectivity index (χ0n) is 14.9. The molecule has 0 saturated carbocycles. The summed E-state index contributed by atoms with van der Waals surface area (Å²) in [6.45, 7) is 9.73. The molecule has 2 aromatic rings. The minimum absolute atomic E-state index is 0.0861. The molecule has 4 heteroatoms. The van der Waals surface area contributed by atoms with Gasteiger partial charge in [-0.3, -0.25) is 4.79 Å². The van der Waals surface area contributed by atoms with E-state index in [-0.39, 0.29) is 12.0 Å². The molecule has 0 heterocycles. The summed E-state index contributed by atoms with van der Waals surface area (Å²) in [5, 5.41) is 2.86. The average molecular weight is 327 g/mol. The highest BCUT2D eigenvalue weighted by Crippen LogP contribution is 2.20. The number of hydrogen-bond acceptors (Lipinski definition) is 3. The molecule has 0 unspecified atom stereocenters. The van der Waals surface area contributed by atoms with Crippen LogP contribution in [0.2, 0.25) is 0 Å². The van der Waals surface area contributed by atoms with Crippen molar-refractivity contribution >= 4 is 11.6 Å². The quantitative estimate of drug-likeness (QED) is 0.850. The second-order valence-electron chi connectivity index (χ2n) is 6.19. The molecule has 0 aliphatic rings. The minimum Gasteiger partial charge on any atom is -0.491 e. The summed E-state index contributed by atoms with van der Waals surface area (Å²) in [6, 6.07) is 13.2. The van der Waals surface area contributed by atoms with E-state index in [2.05, 4.69) is 5.32 Å². The molecule has 2 rings (SSSR count). The first-order chi connectivity index (χ1) is 11.3. The molecule has 1 amide bonds. The molecule has 1 atom stereocenters. The van der Waals surface area contributed by atoms with Gasteiger partial charge < -0.3 is 14.8 Å². The van der Waals surface area contributed by atoms with E-state index in [0.717, 1.165) is 11.3 Å². The van der Waals surface area contributed by atoms with Crippen molar-refractivity contribution in [3.05, 3.63) is 53.6 Å². The van der Waals surface area contributed by atoms with Gasteiger partial charge in [-0.1, -0.05) is 12.1 Å². The molecule has 128 valence electrons. The van der Waals surface area contributed by atoms with Crippen molar-refractivity contribution in [2.24, 2.45) is 0 Å². The van der Waals surface area contributed by atoms with Gasteiger partial charge in [-0.2, -0.15) is 0 Å². The summed E-state index contributed by atoms with van der Waals surface area (Å²) in [5.41, 5.74) is 3.02. The highest BCUT2D eigenvalue weighted by Gasteiger charge is 2.15. The van der Waals surface area contributed by atoms with Gasteiger partial charge in [0.05, 0.1) is 6.10 Å². The molecular formula is C20H25NO3. The molecular weight excluding hydrogens is 302 g/mol. The van der Waals surface area contributed by atoms with Crippen LogP contribution in [-0.2, 0) is 4.79 Å². The third kappa shape index (κ3) is 5.01. The van der Waals surface area contributed by atoms with Crippen LogP contribution in [0, 0.1) is 13.8 Å². The number of rotatable bonds is 6. The molecule has 0 radical (unpaired) electrons. The lowest BCUT2D eigenvalue weighted by Gasteiger charge is -2.16. The molecule has 1 N–H and O–H groups in total. The van der Waals surface area contributed by atoms with Crippen LogP contribution in [0.3, 0.4) is 0 Å². The number of carbonyl (C=O) groups excluding carboxylic acids is 1. The van der Waals surface area contributed by atoms with Crippen molar-refractivity contribution in [1.82, 2.24) is 0 Å². The van der Waals surface area contributed by atoms with E-state index in [1.807, 2.05) is 64.1 Å². The standard InChI is InChI=1S/C20H25NO3/c1-13(2)23-18-8-6-7-17(12-18)21-20(22)16(5)24-19-10-9-14(3)15(4)11-19/h6-13,16H,1-5H3,(H,21,22)/t16-/m0/s1. The molecule has 0 aliphatic carbocycles.